The Kier molecular flexibility index (Phi) is 6.51. The Morgan fingerprint density at radius 3 is 2.62 bits per heavy atom. The van der Waals surface area contributed by atoms with Gasteiger partial charge in [0, 0.05) is 16.3 Å². The number of nitrogens with zero attached hydrogens (tertiary/aromatic N) is 1. The van der Waals surface area contributed by atoms with Gasteiger partial charge in [-0.15, -0.1) is 0 Å². The molecule has 0 aliphatic heterocycles. The molecule has 0 saturated heterocycles. The second-order valence-corrected chi connectivity index (χ2v) is 6.57. The first kappa shape index (κ1) is 20.4. The summed E-state index contributed by atoms with van der Waals surface area (Å²) in [5.74, 6) is 0.649. The van der Waals surface area contributed by atoms with Crippen molar-refractivity contribution >= 4 is 29.3 Å². The van der Waals surface area contributed by atoms with Gasteiger partial charge in [0.15, 0.2) is 0 Å². The van der Waals surface area contributed by atoms with Crippen LogP contribution in [-0.4, -0.2) is 23.6 Å². The number of carbonyl (C=O) groups excluding carboxylic acids is 2. The zero-order valence-electron chi connectivity index (χ0n) is 16.0. The number of hydrogen-bond acceptors (Lipinski definition) is 5. The predicted octanol–water partition coefficient (Wildman–Crippen LogP) is 4.80. The third-order valence-corrected chi connectivity index (χ3v) is 4.27. The lowest BCUT2D eigenvalue weighted by molar-refractivity contribution is 0.0526. The van der Waals surface area contributed by atoms with Gasteiger partial charge in [-0.05, 0) is 56.3 Å². The van der Waals surface area contributed by atoms with E-state index in [-0.39, 0.29) is 6.54 Å². The molecule has 0 atom stereocenters. The van der Waals surface area contributed by atoms with Crippen LogP contribution >= 0.6 is 11.6 Å². The van der Waals surface area contributed by atoms with Crippen molar-refractivity contribution in [3.8, 4) is 11.5 Å². The van der Waals surface area contributed by atoms with Crippen LogP contribution in [0.5, 0.6) is 0 Å². The number of amides is 2. The van der Waals surface area contributed by atoms with Crippen molar-refractivity contribution in [1.29, 1.82) is 0 Å². The molecular weight excluding hydrogens is 394 g/mol. The van der Waals surface area contributed by atoms with E-state index in [0.717, 1.165) is 5.56 Å². The number of aromatic nitrogens is 1. The summed E-state index contributed by atoms with van der Waals surface area (Å²) in [6.07, 6.45) is 0. The number of carbonyl (C=O) groups is 2. The summed E-state index contributed by atoms with van der Waals surface area (Å²) in [5, 5.41) is 6.02. The molecule has 1 heterocycles. The van der Waals surface area contributed by atoms with Gasteiger partial charge in [0.2, 0.25) is 5.89 Å². The maximum absolute atomic E-state index is 12.2. The molecule has 0 saturated carbocycles. The minimum Gasteiger partial charge on any atom is -0.462 e. The molecule has 0 unspecified atom stereocenters. The normalized spacial score (nSPS) is 10.4. The SMILES string of the molecule is CCOC(=O)c1ccc(NC(=O)NCc2nc(-c3cccc(Cl)c3)oc2C)cc1. The first-order valence-corrected chi connectivity index (χ1v) is 9.38. The highest BCUT2D eigenvalue weighted by Gasteiger charge is 2.13. The van der Waals surface area contributed by atoms with Crippen LogP contribution in [0.2, 0.25) is 5.02 Å². The standard InChI is InChI=1S/C21H20ClN3O4/c1-3-28-20(26)14-7-9-17(10-8-14)24-21(27)23-12-18-13(2)29-19(25-18)15-5-4-6-16(22)11-15/h4-11H,3,12H2,1-2H3,(H2,23,24,27). The number of hydrogen-bond donors (Lipinski definition) is 2. The van der Waals surface area contributed by atoms with Gasteiger partial charge in [-0.2, -0.15) is 0 Å². The highest BCUT2D eigenvalue weighted by Crippen LogP contribution is 2.24. The van der Waals surface area contributed by atoms with E-state index in [0.29, 0.717) is 40.2 Å². The maximum Gasteiger partial charge on any atom is 0.338 e. The fraction of sp³-hybridized carbons (Fsp3) is 0.190. The first-order chi connectivity index (χ1) is 14.0. The first-order valence-electron chi connectivity index (χ1n) is 9.00. The second kappa shape index (κ2) is 9.25. The summed E-state index contributed by atoms with van der Waals surface area (Å²) in [6, 6.07) is 13.2. The average Bonchev–Trinajstić information content (AvgIpc) is 3.08. The number of ether oxygens (including phenoxy) is 1. The number of benzene rings is 2. The number of esters is 1. The van der Waals surface area contributed by atoms with Crippen molar-refractivity contribution in [2.24, 2.45) is 0 Å². The highest BCUT2D eigenvalue weighted by molar-refractivity contribution is 6.30. The largest absolute Gasteiger partial charge is 0.462 e. The van der Waals surface area contributed by atoms with E-state index in [4.69, 9.17) is 20.8 Å². The minimum atomic E-state index is -0.402. The van der Waals surface area contributed by atoms with Crippen molar-refractivity contribution in [1.82, 2.24) is 10.3 Å². The highest BCUT2D eigenvalue weighted by atomic mass is 35.5. The van der Waals surface area contributed by atoms with Gasteiger partial charge in [-0.3, -0.25) is 0 Å². The number of urea groups is 1. The van der Waals surface area contributed by atoms with Gasteiger partial charge in [0.25, 0.3) is 0 Å². The summed E-state index contributed by atoms with van der Waals surface area (Å²) < 4.78 is 10.6. The number of oxazole rings is 1. The Bertz CT molecular complexity index is 1020. The number of anilines is 1. The molecule has 2 amide bonds. The Hall–Kier alpha value is -3.32. The van der Waals surface area contributed by atoms with Crippen molar-refractivity contribution < 1.29 is 18.7 Å². The second-order valence-electron chi connectivity index (χ2n) is 6.14. The fourth-order valence-electron chi connectivity index (χ4n) is 2.58. The summed E-state index contributed by atoms with van der Waals surface area (Å²) in [6.45, 7) is 4.03. The molecule has 0 aliphatic rings. The number of aryl methyl sites for hydroxylation is 1. The van der Waals surface area contributed by atoms with Gasteiger partial charge in [0.05, 0.1) is 18.7 Å². The lowest BCUT2D eigenvalue weighted by atomic mass is 10.2. The Balaban J connectivity index is 1.58. The molecule has 3 aromatic rings. The van der Waals surface area contributed by atoms with Gasteiger partial charge in [0.1, 0.15) is 11.5 Å². The number of halogens is 1. The molecule has 150 valence electrons. The lowest BCUT2D eigenvalue weighted by Crippen LogP contribution is -2.28. The molecule has 29 heavy (non-hydrogen) atoms. The zero-order valence-corrected chi connectivity index (χ0v) is 16.7. The van der Waals surface area contributed by atoms with E-state index < -0.39 is 12.0 Å². The zero-order chi connectivity index (χ0) is 20.8. The van der Waals surface area contributed by atoms with Crippen molar-refractivity contribution in [2.75, 3.05) is 11.9 Å². The van der Waals surface area contributed by atoms with E-state index in [1.807, 2.05) is 12.1 Å². The molecular formula is C21H20ClN3O4. The monoisotopic (exact) mass is 413 g/mol. The van der Waals surface area contributed by atoms with Crippen LogP contribution < -0.4 is 10.6 Å². The molecule has 0 bridgehead atoms. The summed E-state index contributed by atoms with van der Waals surface area (Å²) >= 11 is 6.00. The van der Waals surface area contributed by atoms with Gasteiger partial charge >= 0.3 is 12.0 Å². The molecule has 8 heteroatoms. The molecule has 0 spiro atoms. The molecule has 2 aromatic carbocycles. The van der Waals surface area contributed by atoms with Crippen LogP contribution in [0.1, 0.15) is 28.7 Å². The van der Waals surface area contributed by atoms with E-state index in [9.17, 15) is 9.59 Å². The van der Waals surface area contributed by atoms with Crippen molar-refractivity contribution in [2.45, 2.75) is 20.4 Å². The Labute approximate surface area is 173 Å². The Morgan fingerprint density at radius 2 is 1.93 bits per heavy atom. The third-order valence-electron chi connectivity index (χ3n) is 4.03. The van der Waals surface area contributed by atoms with Crippen LogP contribution in [0, 0.1) is 6.92 Å². The molecule has 0 fully saturated rings. The quantitative estimate of drug-likeness (QED) is 0.566. The van der Waals surface area contributed by atoms with Crippen LogP contribution in [0.4, 0.5) is 10.5 Å². The number of rotatable bonds is 6. The minimum absolute atomic E-state index is 0.197. The van der Waals surface area contributed by atoms with Gasteiger partial charge in [-0.1, -0.05) is 17.7 Å². The molecule has 0 radical (unpaired) electrons. The van der Waals surface area contributed by atoms with E-state index in [1.165, 1.54) is 0 Å². The van der Waals surface area contributed by atoms with Crippen LogP contribution in [0.3, 0.4) is 0 Å². The van der Waals surface area contributed by atoms with Crippen molar-refractivity contribution in [3.63, 3.8) is 0 Å². The molecule has 3 rings (SSSR count). The van der Waals surface area contributed by atoms with Crippen LogP contribution in [0.25, 0.3) is 11.5 Å². The Morgan fingerprint density at radius 1 is 1.17 bits per heavy atom. The molecule has 0 aliphatic carbocycles. The van der Waals surface area contributed by atoms with Gasteiger partial charge in [-0.25, -0.2) is 14.6 Å². The van der Waals surface area contributed by atoms with Gasteiger partial charge < -0.3 is 19.8 Å². The average molecular weight is 414 g/mol. The van der Waals surface area contributed by atoms with Crippen LogP contribution in [-0.2, 0) is 11.3 Å². The predicted molar refractivity (Wildman–Crippen MR) is 110 cm³/mol. The summed E-state index contributed by atoms with van der Waals surface area (Å²) in [4.78, 5) is 28.2. The topological polar surface area (TPSA) is 93.5 Å². The number of nitrogens with one attached hydrogen (secondary N) is 2. The molecule has 7 nitrogen and oxygen atoms in total. The lowest BCUT2D eigenvalue weighted by Gasteiger charge is -2.07. The van der Waals surface area contributed by atoms with Crippen molar-refractivity contribution in [3.05, 3.63) is 70.6 Å². The third kappa shape index (κ3) is 5.36. The summed E-state index contributed by atoms with van der Waals surface area (Å²) in [5.41, 5.74) is 2.35. The molecule has 2 N–H and O–H groups in total. The maximum atomic E-state index is 12.2. The van der Waals surface area contributed by atoms with E-state index in [1.54, 1.807) is 50.2 Å². The smallest absolute Gasteiger partial charge is 0.338 e. The van der Waals surface area contributed by atoms with E-state index in [2.05, 4.69) is 15.6 Å². The van der Waals surface area contributed by atoms with E-state index >= 15 is 0 Å². The molecule has 1 aromatic heterocycles. The van der Waals surface area contributed by atoms with Crippen LogP contribution in [0.15, 0.2) is 52.9 Å². The fourth-order valence-corrected chi connectivity index (χ4v) is 2.77. The summed E-state index contributed by atoms with van der Waals surface area (Å²) in [7, 11) is 0.